The molecule has 276 valence electrons. The van der Waals surface area contributed by atoms with Crippen LogP contribution in [0.5, 0.6) is 0 Å². The monoisotopic (exact) mass is 726 g/mol. The first kappa shape index (κ1) is 39.4. The van der Waals surface area contributed by atoms with E-state index in [-0.39, 0.29) is 60.3 Å². The van der Waals surface area contributed by atoms with Gasteiger partial charge in [-0.05, 0) is 62.9 Å². The minimum atomic E-state index is -4.87. The van der Waals surface area contributed by atoms with Crippen molar-refractivity contribution in [3.63, 3.8) is 0 Å². The van der Waals surface area contributed by atoms with Gasteiger partial charge in [0.1, 0.15) is 11.6 Å². The average Bonchev–Trinajstić information content (AvgIpc) is 3.44. The van der Waals surface area contributed by atoms with Crippen molar-refractivity contribution >= 4 is 34.7 Å². The number of alkyl halides is 6. The number of unbranched alkanes of at least 4 members (excludes halogenated alkanes) is 4. The number of aliphatic carboxylic acids is 2. The van der Waals surface area contributed by atoms with Crippen molar-refractivity contribution in [2.45, 2.75) is 108 Å². The maximum absolute atomic E-state index is 14.3. The molecule has 0 aliphatic carbocycles. The molecule has 2 heterocycles. The lowest BCUT2D eigenvalue weighted by molar-refractivity contribution is -0.139. The van der Waals surface area contributed by atoms with Crippen LogP contribution in [0.3, 0.4) is 0 Å². The van der Waals surface area contributed by atoms with Gasteiger partial charge in [0, 0.05) is 46.9 Å². The Balaban J connectivity index is 1.60. The first-order valence-electron chi connectivity index (χ1n) is 16.5. The number of carboxylic acid groups (broad SMARTS) is 2. The fraction of sp³-hybridized carbons (Fsp3) is 0.459. The van der Waals surface area contributed by atoms with Crippen LogP contribution in [-0.4, -0.2) is 33.6 Å². The molecular weight excluding hydrogens is 688 g/mol. The predicted molar refractivity (Wildman–Crippen MR) is 176 cm³/mol. The van der Waals surface area contributed by atoms with Gasteiger partial charge in [0.2, 0.25) is 0 Å². The van der Waals surface area contributed by atoms with Crippen molar-refractivity contribution < 1.29 is 54.9 Å². The summed E-state index contributed by atoms with van der Waals surface area (Å²) in [6.45, 7) is 3.16. The Morgan fingerprint density at radius 2 is 1.16 bits per heavy atom. The highest BCUT2D eigenvalue weighted by atomic mass is 19.4. The third kappa shape index (κ3) is 9.12. The maximum atomic E-state index is 14.3. The Hall–Kier alpha value is -4.36. The summed E-state index contributed by atoms with van der Waals surface area (Å²) >= 11 is 0. The summed E-state index contributed by atoms with van der Waals surface area (Å²) in [6, 6.07) is 2.75. The van der Waals surface area contributed by atoms with Gasteiger partial charge < -0.3 is 10.2 Å². The Morgan fingerprint density at radius 3 is 1.65 bits per heavy atom. The van der Waals surface area contributed by atoms with Crippen molar-refractivity contribution in [3.05, 3.63) is 82.5 Å². The van der Waals surface area contributed by atoms with E-state index in [9.17, 15) is 44.7 Å². The summed E-state index contributed by atoms with van der Waals surface area (Å²) in [5.41, 5.74) is -4.91. The van der Waals surface area contributed by atoms with Gasteiger partial charge in [0.25, 0.3) is 0 Å². The van der Waals surface area contributed by atoms with Crippen LogP contribution in [0, 0.1) is 11.6 Å². The molecule has 0 bridgehead atoms. The lowest BCUT2D eigenvalue weighted by Gasteiger charge is -2.30. The minimum absolute atomic E-state index is 0.0422. The molecule has 0 saturated carbocycles. The van der Waals surface area contributed by atoms with Crippen LogP contribution < -0.4 is 0 Å². The smallest absolute Gasteiger partial charge is 0.416 e. The predicted octanol–water partition coefficient (Wildman–Crippen LogP) is 11.0. The standard InChI is InChI=1S/C37H38F8N2O4/c1-34(16-10-4-8-14-30(48)49)28(46-26-20-22(38)18-24(32(26)34)36(40,41)42)12-6-3-7-13-29-35(2,17-11-5-9-15-31(50)51)33-25(37(43,44)45)19-23(39)21-27(33)47-29/h3,6-7,12,18-21H,4-5,8-11,13-17H2,1-2H3,(H,48,49)(H,50,51). The Kier molecular flexibility index (Phi) is 12.0. The van der Waals surface area contributed by atoms with E-state index < -0.39 is 57.9 Å². The molecular formula is C37H38F8N2O4. The van der Waals surface area contributed by atoms with Crippen LogP contribution in [0.15, 0.2) is 58.6 Å². The average molecular weight is 727 g/mol. The number of hydrogen-bond acceptors (Lipinski definition) is 4. The lowest BCUT2D eigenvalue weighted by atomic mass is 9.72. The highest BCUT2D eigenvalue weighted by molar-refractivity contribution is 6.09. The molecule has 0 fully saturated rings. The van der Waals surface area contributed by atoms with E-state index in [1.807, 2.05) is 0 Å². The van der Waals surface area contributed by atoms with Crippen LogP contribution in [0.1, 0.15) is 107 Å². The normalized spacial score (nSPS) is 20.2. The first-order valence-corrected chi connectivity index (χ1v) is 16.5. The molecule has 51 heavy (non-hydrogen) atoms. The largest absolute Gasteiger partial charge is 0.481 e. The van der Waals surface area contributed by atoms with Gasteiger partial charge in [-0.15, -0.1) is 0 Å². The number of rotatable bonds is 16. The Morgan fingerprint density at radius 1 is 0.686 bits per heavy atom. The summed E-state index contributed by atoms with van der Waals surface area (Å²) in [5.74, 6) is -4.17. The molecule has 4 rings (SSSR count). The van der Waals surface area contributed by atoms with E-state index in [1.54, 1.807) is 19.9 Å². The molecule has 14 heteroatoms. The van der Waals surface area contributed by atoms with Crippen molar-refractivity contribution in [1.29, 1.82) is 0 Å². The summed E-state index contributed by atoms with van der Waals surface area (Å²) < 4.78 is 113. The van der Waals surface area contributed by atoms with Crippen LogP contribution in [0.2, 0.25) is 0 Å². The molecule has 0 spiro atoms. The van der Waals surface area contributed by atoms with Gasteiger partial charge in [0.05, 0.1) is 28.2 Å². The second-order valence-corrected chi connectivity index (χ2v) is 13.3. The van der Waals surface area contributed by atoms with E-state index in [0.717, 1.165) is 12.1 Å². The van der Waals surface area contributed by atoms with Crippen molar-refractivity contribution in [2.75, 3.05) is 0 Å². The fourth-order valence-corrected chi connectivity index (χ4v) is 7.05. The van der Waals surface area contributed by atoms with Crippen molar-refractivity contribution in [3.8, 4) is 0 Å². The number of aliphatic imine (C=N–C) groups is 2. The summed E-state index contributed by atoms with van der Waals surface area (Å²) in [5, 5.41) is 17.9. The van der Waals surface area contributed by atoms with Crippen LogP contribution in [0.25, 0.3) is 0 Å². The summed E-state index contributed by atoms with van der Waals surface area (Å²) in [4.78, 5) is 30.6. The third-order valence-electron chi connectivity index (χ3n) is 9.52. The van der Waals surface area contributed by atoms with Crippen LogP contribution in [-0.2, 0) is 32.8 Å². The highest BCUT2D eigenvalue weighted by Gasteiger charge is 2.48. The van der Waals surface area contributed by atoms with Crippen molar-refractivity contribution in [2.24, 2.45) is 9.98 Å². The SMILES string of the molecule is CC1(CCCCCC(=O)O)C(C=CC=CCC2=Nc3cc(F)cc(C(F)(F)F)c3C2(C)CCCCCC(=O)O)=Nc2cc(F)cc(C(F)(F)F)c21. The lowest BCUT2D eigenvalue weighted by Crippen LogP contribution is -2.32. The molecule has 0 radical (unpaired) electrons. The second kappa shape index (κ2) is 15.5. The number of carboxylic acids is 2. The van der Waals surface area contributed by atoms with Crippen LogP contribution >= 0.6 is 0 Å². The van der Waals surface area contributed by atoms with E-state index in [4.69, 9.17) is 10.2 Å². The van der Waals surface area contributed by atoms with Gasteiger partial charge in [-0.25, -0.2) is 8.78 Å². The third-order valence-corrected chi connectivity index (χ3v) is 9.52. The number of halogens is 8. The Labute approximate surface area is 289 Å². The minimum Gasteiger partial charge on any atom is -0.481 e. The number of nitrogens with zero attached hydrogens (tertiary/aromatic N) is 2. The molecule has 0 saturated heterocycles. The quantitative estimate of drug-likeness (QED) is 0.102. The summed E-state index contributed by atoms with van der Waals surface area (Å²) in [6.07, 6.45) is -1.12. The molecule has 2 aliphatic rings. The molecule has 0 aromatic heterocycles. The van der Waals surface area contributed by atoms with Gasteiger partial charge in [-0.3, -0.25) is 19.6 Å². The number of hydrogen-bond donors (Lipinski definition) is 2. The molecule has 2 unspecified atom stereocenters. The number of carbonyl (C=O) groups is 2. The second-order valence-electron chi connectivity index (χ2n) is 13.3. The maximum Gasteiger partial charge on any atom is 0.416 e. The number of allylic oxidation sites excluding steroid dienone is 4. The zero-order chi connectivity index (χ0) is 37.8. The van der Waals surface area contributed by atoms with Gasteiger partial charge in [0.15, 0.2) is 0 Å². The molecule has 0 amide bonds. The Bertz CT molecular complexity index is 1780. The van der Waals surface area contributed by atoms with E-state index >= 15 is 0 Å². The molecule has 2 aliphatic heterocycles. The van der Waals surface area contributed by atoms with E-state index in [0.29, 0.717) is 56.4 Å². The van der Waals surface area contributed by atoms with E-state index in [2.05, 4.69) is 9.98 Å². The van der Waals surface area contributed by atoms with E-state index in [1.165, 1.54) is 18.2 Å². The summed E-state index contributed by atoms with van der Waals surface area (Å²) in [7, 11) is 0. The molecule has 2 N–H and O–H groups in total. The zero-order valence-corrected chi connectivity index (χ0v) is 28.0. The first-order chi connectivity index (χ1) is 23.8. The molecule has 2 aromatic carbocycles. The van der Waals surface area contributed by atoms with Gasteiger partial charge in [-0.1, -0.05) is 50.8 Å². The topological polar surface area (TPSA) is 99.3 Å². The number of benzene rings is 2. The highest BCUT2D eigenvalue weighted by Crippen LogP contribution is 2.52. The number of fused-ring (bicyclic) bond motifs is 2. The molecule has 6 nitrogen and oxygen atoms in total. The fourth-order valence-electron chi connectivity index (χ4n) is 7.05. The van der Waals surface area contributed by atoms with Crippen LogP contribution in [0.4, 0.5) is 46.5 Å². The molecule has 2 aromatic rings. The molecule has 2 atom stereocenters. The van der Waals surface area contributed by atoms with Gasteiger partial charge in [-0.2, -0.15) is 26.3 Å². The zero-order valence-electron chi connectivity index (χ0n) is 28.0. The van der Waals surface area contributed by atoms with Gasteiger partial charge >= 0.3 is 24.3 Å². The van der Waals surface area contributed by atoms with Crippen molar-refractivity contribution in [1.82, 2.24) is 0 Å².